The lowest BCUT2D eigenvalue weighted by atomic mass is 10.2. The molecule has 0 aliphatic heterocycles. The second-order valence-corrected chi connectivity index (χ2v) is 5.02. The number of nitro groups is 1. The van der Waals surface area contributed by atoms with Gasteiger partial charge in [0.2, 0.25) is 0 Å². The highest BCUT2D eigenvalue weighted by atomic mass is 35.5. The lowest BCUT2D eigenvalue weighted by Crippen LogP contribution is -1.97. The molecule has 0 radical (unpaired) electrons. The van der Waals surface area contributed by atoms with E-state index in [2.05, 4.69) is 5.32 Å². The minimum absolute atomic E-state index is 0.0704. The van der Waals surface area contributed by atoms with Crippen molar-refractivity contribution < 1.29 is 9.31 Å². The van der Waals surface area contributed by atoms with Gasteiger partial charge in [0, 0.05) is 11.8 Å². The van der Waals surface area contributed by atoms with E-state index in [1.54, 1.807) is 0 Å². The van der Waals surface area contributed by atoms with Crippen LogP contribution in [0, 0.1) is 15.9 Å². The van der Waals surface area contributed by atoms with Gasteiger partial charge in [-0.3, -0.25) is 10.1 Å². The van der Waals surface area contributed by atoms with E-state index in [1.807, 2.05) is 0 Å². The highest BCUT2D eigenvalue weighted by Crippen LogP contribution is 2.36. The highest BCUT2D eigenvalue weighted by Gasteiger charge is 2.17. The van der Waals surface area contributed by atoms with Crippen molar-refractivity contribution >= 4 is 51.9 Å². The number of nitrogens with zero attached hydrogens (tertiary/aromatic N) is 1. The van der Waals surface area contributed by atoms with Crippen molar-refractivity contribution in [3.63, 3.8) is 0 Å². The first-order valence-electron chi connectivity index (χ1n) is 5.24. The van der Waals surface area contributed by atoms with Crippen molar-refractivity contribution in [3.05, 3.63) is 61.3 Å². The van der Waals surface area contributed by atoms with Crippen molar-refractivity contribution in [3.8, 4) is 0 Å². The van der Waals surface area contributed by atoms with Crippen LogP contribution in [0.2, 0.25) is 15.1 Å². The van der Waals surface area contributed by atoms with E-state index in [0.29, 0.717) is 5.69 Å². The Morgan fingerprint density at radius 3 is 2.30 bits per heavy atom. The molecular weight excluding hydrogens is 330 g/mol. The van der Waals surface area contributed by atoms with Gasteiger partial charge in [-0.2, -0.15) is 0 Å². The molecule has 0 spiro atoms. The van der Waals surface area contributed by atoms with E-state index in [0.717, 1.165) is 12.1 Å². The van der Waals surface area contributed by atoms with Crippen LogP contribution >= 0.6 is 34.8 Å². The molecule has 8 heteroatoms. The fourth-order valence-corrected chi connectivity index (χ4v) is 2.02. The molecule has 0 aromatic heterocycles. The molecule has 2 aromatic rings. The van der Waals surface area contributed by atoms with Crippen molar-refractivity contribution in [2.45, 2.75) is 0 Å². The standard InChI is InChI=1S/C12H6Cl3FN2O2/c13-7-4-11(12(18(19)20)5-8(7)14)17-6-1-2-10(16)9(15)3-6/h1-5,17H. The second kappa shape index (κ2) is 5.83. The number of benzene rings is 2. The molecule has 0 aliphatic rings. The van der Waals surface area contributed by atoms with Crippen LogP contribution in [0.25, 0.3) is 0 Å². The number of nitrogens with one attached hydrogen (secondary N) is 1. The van der Waals surface area contributed by atoms with E-state index < -0.39 is 10.7 Å². The molecule has 0 bridgehead atoms. The molecule has 0 unspecified atom stereocenters. The number of hydrogen-bond acceptors (Lipinski definition) is 3. The van der Waals surface area contributed by atoms with Crippen LogP contribution in [-0.2, 0) is 0 Å². The molecule has 0 saturated heterocycles. The lowest BCUT2D eigenvalue weighted by Gasteiger charge is -2.09. The fraction of sp³-hybridized carbons (Fsp3) is 0. The maximum atomic E-state index is 13.1. The summed E-state index contributed by atoms with van der Waals surface area (Å²) in [6, 6.07) is 6.31. The van der Waals surface area contributed by atoms with Crippen LogP contribution in [0.4, 0.5) is 21.5 Å². The number of anilines is 2. The van der Waals surface area contributed by atoms with Crippen molar-refractivity contribution in [1.29, 1.82) is 0 Å². The maximum Gasteiger partial charge on any atom is 0.294 e. The summed E-state index contributed by atoms with van der Waals surface area (Å²) in [7, 11) is 0. The van der Waals surface area contributed by atoms with Crippen LogP contribution in [0.15, 0.2) is 30.3 Å². The zero-order valence-corrected chi connectivity index (χ0v) is 11.9. The first kappa shape index (κ1) is 14.8. The van der Waals surface area contributed by atoms with Gasteiger partial charge in [0.05, 0.1) is 20.0 Å². The van der Waals surface area contributed by atoms with Gasteiger partial charge in [-0.05, 0) is 24.3 Å². The van der Waals surface area contributed by atoms with E-state index in [4.69, 9.17) is 34.8 Å². The van der Waals surface area contributed by atoms with E-state index in [-0.39, 0.29) is 26.4 Å². The van der Waals surface area contributed by atoms with E-state index in [9.17, 15) is 14.5 Å². The van der Waals surface area contributed by atoms with E-state index in [1.165, 1.54) is 18.2 Å². The summed E-state index contributed by atoms with van der Waals surface area (Å²) in [4.78, 5) is 10.4. The third kappa shape index (κ3) is 3.12. The summed E-state index contributed by atoms with van der Waals surface area (Å²) in [6.07, 6.45) is 0. The van der Waals surface area contributed by atoms with Crippen LogP contribution < -0.4 is 5.32 Å². The average molecular weight is 336 g/mol. The lowest BCUT2D eigenvalue weighted by molar-refractivity contribution is -0.383. The SMILES string of the molecule is O=[N+]([O-])c1cc(Cl)c(Cl)cc1Nc1ccc(F)c(Cl)c1. The molecule has 2 aromatic carbocycles. The Labute approximate surface area is 128 Å². The smallest absolute Gasteiger partial charge is 0.294 e. The molecule has 0 amide bonds. The Morgan fingerprint density at radius 1 is 1.05 bits per heavy atom. The van der Waals surface area contributed by atoms with Gasteiger partial charge in [0.25, 0.3) is 5.69 Å². The second-order valence-electron chi connectivity index (χ2n) is 3.79. The quantitative estimate of drug-likeness (QED) is 0.600. The highest BCUT2D eigenvalue weighted by molar-refractivity contribution is 6.42. The molecule has 2 rings (SSSR count). The predicted octanol–water partition coefficient (Wildman–Crippen LogP) is 5.44. The Bertz CT molecular complexity index is 695. The van der Waals surface area contributed by atoms with Crippen molar-refractivity contribution in [1.82, 2.24) is 0 Å². The molecular formula is C12H6Cl3FN2O2. The molecule has 1 N–H and O–H groups in total. The Kier molecular flexibility index (Phi) is 4.32. The first-order valence-corrected chi connectivity index (χ1v) is 6.37. The Hall–Kier alpha value is -1.56. The molecule has 0 heterocycles. The predicted molar refractivity (Wildman–Crippen MR) is 77.8 cm³/mol. The van der Waals surface area contributed by atoms with Crippen LogP contribution in [-0.4, -0.2) is 4.92 Å². The third-order valence-corrected chi connectivity index (χ3v) is 3.45. The number of rotatable bonds is 3. The molecule has 0 fully saturated rings. The summed E-state index contributed by atoms with van der Waals surface area (Å²) in [5.41, 5.74) is 0.268. The topological polar surface area (TPSA) is 55.2 Å². The van der Waals surface area contributed by atoms with Crippen molar-refractivity contribution in [2.75, 3.05) is 5.32 Å². The minimum Gasteiger partial charge on any atom is -0.350 e. The average Bonchev–Trinajstić information content (AvgIpc) is 2.37. The largest absolute Gasteiger partial charge is 0.350 e. The third-order valence-electron chi connectivity index (χ3n) is 2.43. The number of nitro benzene ring substituents is 1. The van der Waals surface area contributed by atoms with Gasteiger partial charge in [-0.25, -0.2) is 4.39 Å². The number of halogens is 4. The summed E-state index contributed by atoms with van der Waals surface area (Å²) in [5.74, 6) is -0.583. The molecule has 4 nitrogen and oxygen atoms in total. The summed E-state index contributed by atoms with van der Waals surface area (Å²) in [6.45, 7) is 0. The fourth-order valence-electron chi connectivity index (χ4n) is 1.52. The molecule has 104 valence electrons. The van der Waals surface area contributed by atoms with Gasteiger partial charge in [0.15, 0.2) is 0 Å². The van der Waals surface area contributed by atoms with Gasteiger partial charge in [-0.15, -0.1) is 0 Å². The van der Waals surface area contributed by atoms with Crippen LogP contribution in [0.3, 0.4) is 0 Å². The van der Waals surface area contributed by atoms with Crippen LogP contribution in [0.5, 0.6) is 0 Å². The summed E-state index contributed by atoms with van der Waals surface area (Å²) < 4.78 is 13.1. The zero-order valence-electron chi connectivity index (χ0n) is 9.66. The summed E-state index contributed by atoms with van der Waals surface area (Å²) >= 11 is 17.2. The molecule has 0 atom stereocenters. The molecule has 0 saturated carbocycles. The van der Waals surface area contributed by atoms with Crippen molar-refractivity contribution in [2.24, 2.45) is 0 Å². The van der Waals surface area contributed by atoms with Gasteiger partial charge in [-0.1, -0.05) is 34.8 Å². The number of hydrogen-bond donors (Lipinski definition) is 1. The Balaban J connectivity index is 2.44. The van der Waals surface area contributed by atoms with Gasteiger partial charge < -0.3 is 5.32 Å². The molecule has 0 aliphatic carbocycles. The maximum absolute atomic E-state index is 13.1. The monoisotopic (exact) mass is 334 g/mol. The summed E-state index contributed by atoms with van der Waals surface area (Å²) in [5, 5.41) is 13.9. The normalized spacial score (nSPS) is 10.4. The first-order chi connectivity index (χ1) is 9.38. The van der Waals surface area contributed by atoms with Gasteiger partial charge in [0.1, 0.15) is 11.5 Å². The minimum atomic E-state index is -0.602. The van der Waals surface area contributed by atoms with Crippen LogP contribution in [0.1, 0.15) is 0 Å². The van der Waals surface area contributed by atoms with E-state index >= 15 is 0 Å². The Morgan fingerprint density at radius 2 is 1.70 bits per heavy atom. The molecule has 20 heavy (non-hydrogen) atoms. The van der Waals surface area contributed by atoms with Gasteiger partial charge >= 0.3 is 0 Å². The zero-order chi connectivity index (χ0) is 14.9.